The molecule has 1 heterocycles. The normalized spacial score (nSPS) is 21.0. The Morgan fingerprint density at radius 2 is 1.67 bits per heavy atom. The van der Waals surface area contributed by atoms with E-state index in [0.717, 1.165) is 16.7 Å². The van der Waals surface area contributed by atoms with Crippen LogP contribution in [0, 0.1) is 0 Å². The Labute approximate surface area is 129 Å². The number of fused-ring (bicyclic) bond motifs is 1. The van der Waals surface area contributed by atoms with Crippen molar-refractivity contribution < 1.29 is 4.79 Å². The number of benzene rings is 2. The van der Waals surface area contributed by atoms with Gasteiger partial charge in [-0.1, -0.05) is 41.9 Å². The molecular weight excluding hydrogens is 284 g/mol. The molecule has 0 saturated carbocycles. The van der Waals surface area contributed by atoms with E-state index in [9.17, 15) is 4.79 Å². The van der Waals surface area contributed by atoms with E-state index < -0.39 is 5.66 Å². The molecule has 21 heavy (non-hydrogen) atoms. The lowest BCUT2D eigenvalue weighted by atomic mass is 9.90. The van der Waals surface area contributed by atoms with Crippen molar-refractivity contribution in [3.05, 3.63) is 70.2 Å². The summed E-state index contributed by atoms with van der Waals surface area (Å²) >= 11 is 6.01. The second-order valence-corrected chi connectivity index (χ2v) is 5.92. The molecule has 0 aliphatic carbocycles. The van der Waals surface area contributed by atoms with Crippen molar-refractivity contribution >= 4 is 17.5 Å². The molecule has 3 nitrogen and oxygen atoms in total. The molecule has 1 amide bonds. The average molecular weight is 301 g/mol. The van der Waals surface area contributed by atoms with Gasteiger partial charge >= 0.3 is 0 Å². The second kappa shape index (κ2) is 4.86. The fourth-order valence-electron chi connectivity index (χ4n) is 3.31. The van der Waals surface area contributed by atoms with Crippen molar-refractivity contribution in [3.63, 3.8) is 0 Å². The zero-order valence-corrected chi connectivity index (χ0v) is 13.1. The summed E-state index contributed by atoms with van der Waals surface area (Å²) in [5.74, 6) is 0.0363. The number of carbonyl (C=O) groups is 1. The number of amides is 1. The molecule has 4 heteroatoms. The molecule has 0 fully saturated rings. The summed E-state index contributed by atoms with van der Waals surface area (Å²) < 4.78 is 0. The minimum absolute atomic E-state index is 0.0363. The van der Waals surface area contributed by atoms with Crippen LogP contribution >= 0.6 is 11.6 Å². The Bertz CT molecular complexity index is 696. The van der Waals surface area contributed by atoms with Crippen LogP contribution in [0.1, 0.15) is 21.5 Å². The fourth-order valence-corrected chi connectivity index (χ4v) is 3.44. The van der Waals surface area contributed by atoms with E-state index in [-0.39, 0.29) is 5.91 Å². The third-order valence-corrected chi connectivity index (χ3v) is 4.47. The van der Waals surface area contributed by atoms with E-state index >= 15 is 0 Å². The molecule has 108 valence electrons. The molecule has 0 unspecified atom stereocenters. The number of hydrogen-bond donors (Lipinski definition) is 0. The second-order valence-electron chi connectivity index (χ2n) is 5.48. The third kappa shape index (κ3) is 1.81. The number of halogens is 1. The Kier molecular flexibility index (Phi) is 3.27. The number of rotatable bonds is 2. The molecular formula is C17H17ClN2O. The topological polar surface area (TPSA) is 23.6 Å². The SMILES string of the molecule is CN(C)[C@]1(c2ccc(Cl)cc2)c2ccccc2C(=O)N1C. The highest BCUT2D eigenvalue weighted by molar-refractivity contribution is 6.30. The van der Waals surface area contributed by atoms with E-state index in [1.54, 1.807) is 4.90 Å². The summed E-state index contributed by atoms with van der Waals surface area (Å²) in [6.45, 7) is 0. The standard InChI is InChI=1S/C17H17ClN2O/c1-19(2)17(12-8-10-13(18)11-9-12)15-7-5-4-6-14(15)16(21)20(17)3/h4-11H,1-3H3/t17-/m0/s1. The van der Waals surface area contributed by atoms with Gasteiger partial charge in [0.1, 0.15) is 5.66 Å². The van der Waals surface area contributed by atoms with Gasteiger partial charge in [0, 0.05) is 23.2 Å². The molecule has 2 aromatic rings. The van der Waals surface area contributed by atoms with Crippen LogP contribution < -0.4 is 0 Å². The van der Waals surface area contributed by atoms with Gasteiger partial charge in [-0.3, -0.25) is 9.69 Å². The Hall–Kier alpha value is -1.84. The predicted molar refractivity (Wildman–Crippen MR) is 84.5 cm³/mol. The highest BCUT2D eigenvalue weighted by Gasteiger charge is 2.50. The van der Waals surface area contributed by atoms with Gasteiger partial charge in [0.15, 0.2) is 0 Å². The molecule has 0 N–H and O–H groups in total. The van der Waals surface area contributed by atoms with Crippen LogP contribution in [0.25, 0.3) is 0 Å². The lowest BCUT2D eigenvalue weighted by molar-refractivity contribution is 0.0291. The first-order chi connectivity index (χ1) is 9.99. The summed E-state index contributed by atoms with van der Waals surface area (Å²) in [5.41, 5.74) is 2.18. The van der Waals surface area contributed by atoms with Crippen molar-refractivity contribution in [2.45, 2.75) is 5.66 Å². The van der Waals surface area contributed by atoms with Crippen LogP contribution in [-0.2, 0) is 5.66 Å². The summed E-state index contributed by atoms with van der Waals surface area (Å²) in [4.78, 5) is 16.5. The van der Waals surface area contributed by atoms with E-state index in [0.29, 0.717) is 5.02 Å². The molecule has 3 rings (SSSR count). The largest absolute Gasteiger partial charge is 0.315 e. The number of nitrogens with zero attached hydrogens (tertiary/aromatic N) is 2. The van der Waals surface area contributed by atoms with E-state index in [1.165, 1.54) is 0 Å². The van der Waals surface area contributed by atoms with Crippen LogP contribution in [0.15, 0.2) is 48.5 Å². The fraction of sp³-hybridized carbons (Fsp3) is 0.235. The summed E-state index contributed by atoms with van der Waals surface area (Å²) in [6, 6.07) is 15.5. The van der Waals surface area contributed by atoms with E-state index in [2.05, 4.69) is 4.90 Å². The van der Waals surface area contributed by atoms with Crippen LogP contribution in [0.2, 0.25) is 5.02 Å². The van der Waals surface area contributed by atoms with Gasteiger partial charge in [-0.25, -0.2) is 0 Å². The number of carbonyl (C=O) groups excluding carboxylic acids is 1. The van der Waals surface area contributed by atoms with Crippen molar-refractivity contribution in [1.29, 1.82) is 0 Å². The molecule has 0 radical (unpaired) electrons. The van der Waals surface area contributed by atoms with Gasteiger partial charge in [-0.05, 0) is 37.9 Å². The Balaban J connectivity index is 2.32. The third-order valence-electron chi connectivity index (χ3n) is 4.22. The van der Waals surface area contributed by atoms with Gasteiger partial charge < -0.3 is 4.90 Å². The summed E-state index contributed by atoms with van der Waals surface area (Å²) in [5, 5.41) is 0.688. The van der Waals surface area contributed by atoms with Crippen molar-refractivity contribution in [3.8, 4) is 0 Å². The average Bonchev–Trinajstić information content (AvgIpc) is 2.70. The monoisotopic (exact) mass is 300 g/mol. The summed E-state index contributed by atoms with van der Waals surface area (Å²) in [7, 11) is 5.82. The van der Waals surface area contributed by atoms with Crippen molar-refractivity contribution in [1.82, 2.24) is 9.80 Å². The maximum atomic E-state index is 12.6. The molecule has 1 aliphatic rings. The molecule has 0 saturated heterocycles. The molecule has 0 bridgehead atoms. The highest BCUT2D eigenvalue weighted by atomic mass is 35.5. The van der Waals surface area contributed by atoms with Crippen LogP contribution in [0.4, 0.5) is 0 Å². The van der Waals surface area contributed by atoms with Crippen LogP contribution in [0.3, 0.4) is 0 Å². The van der Waals surface area contributed by atoms with Gasteiger partial charge in [0.25, 0.3) is 5.91 Å². The quantitative estimate of drug-likeness (QED) is 0.850. The predicted octanol–water partition coefficient (Wildman–Crippen LogP) is 3.19. The first-order valence-electron chi connectivity index (χ1n) is 6.80. The molecule has 0 aromatic heterocycles. The summed E-state index contributed by atoms with van der Waals surface area (Å²) in [6.07, 6.45) is 0. The van der Waals surface area contributed by atoms with E-state index in [4.69, 9.17) is 11.6 Å². The Morgan fingerprint density at radius 3 is 2.29 bits per heavy atom. The minimum Gasteiger partial charge on any atom is -0.315 e. The lowest BCUT2D eigenvalue weighted by Crippen LogP contribution is -2.52. The van der Waals surface area contributed by atoms with Crippen molar-refractivity contribution in [2.75, 3.05) is 21.1 Å². The molecule has 1 aliphatic heterocycles. The van der Waals surface area contributed by atoms with E-state index in [1.807, 2.05) is 69.7 Å². The number of hydrogen-bond acceptors (Lipinski definition) is 2. The molecule has 1 atom stereocenters. The highest BCUT2D eigenvalue weighted by Crippen LogP contribution is 2.44. The lowest BCUT2D eigenvalue weighted by Gasteiger charge is -2.43. The van der Waals surface area contributed by atoms with Gasteiger partial charge in [-0.2, -0.15) is 0 Å². The zero-order valence-electron chi connectivity index (χ0n) is 12.3. The van der Waals surface area contributed by atoms with Crippen molar-refractivity contribution in [2.24, 2.45) is 0 Å². The Morgan fingerprint density at radius 1 is 1.05 bits per heavy atom. The maximum absolute atomic E-state index is 12.6. The minimum atomic E-state index is -0.599. The maximum Gasteiger partial charge on any atom is 0.256 e. The first kappa shape index (κ1) is 14.1. The van der Waals surface area contributed by atoms with Gasteiger partial charge in [0.2, 0.25) is 0 Å². The molecule has 0 spiro atoms. The van der Waals surface area contributed by atoms with Gasteiger partial charge in [-0.15, -0.1) is 0 Å². The van der Waals surface area contributed by atoms with Crippen LogP contribution in [0.5, 0.6) is 0 Å². The molecule has 2 aromatic carbocycles. The van der Waals surface area contributed by atoms with Crippen LogP contribution in [-0.4, -0.2) is 36.9 Å². The zero-order chi connectivity index (χ0) is 15.2. The smallest absolute Gasteiger partial charge is 0.256 e. The first-order valence-corrected chi connectivity index (χ1v) is 7.18. The van der Waals surface area contributed by atoms with Gasteiger partial charge in [0.05, 0.1) is 0 Å².